The fourth-order valence-electron chi connectivity index (χ4n) is 4.45. The Hall–Kier alpha value is -3.75. The van der Waals surface area contributed by atoms with Crippen LogP contribution in [0.25, 0.3) is 10.8 Å². The fourth-order valence-corrected chi connectivity index (χ4v) is 4.45. The zero-order chi connectivity index (χ0) is 25.4. The molecule has 1 atom stereocenters. The third kappa shape index (κ3) is 4.38. The molecule has 6 nitrogen and oxygen atoms in total. The zero-order valence-electron chi connectivity index (χ0n) is 19.3. The first-order valence-corrected chi connectivity index (χ1v) is 11.2. The Morgan fingerprint density at radius 2 is 1.74 bits per heavy atom. The van der Waals surface area contributed by atoms with Crippen molar-refractivity contribution in [2.45, 2.75) is 52.4 Å². The van der Waals surface area contributed by atoms with Gasteiger partial charge in [0.15, 0.2) is 0 Å². The van der Waals surface area contributed by atoms with Crippen LogP contribution in [0.1, 0.15) is 54.6 Å². The normalized spacial score (nSPS) is 14.1. The van der Waals surface area contributed by atoms with Gasteiger partial charge in [-0.1, -0.05) is 37.3 Å². The summed E-state index contributed by atoms with van der Waals surface area (Å²) in [5.74, 6) is -3.49. The van der Waals surface area contributed by atoms with Crippen LogP contribution in [0.15, 0.2) is 42.5 Å². The third-order valence-electron chi connectivity index (χ3n) is 5.93. The summed E-state index contributed by atoms with van der Waals surface area (Å²) in [4.78, 5) is 26.2. The first-order valence-electron chi connectivity index (χ1n) is 11.2. The van der Waals surface area contributed by atoms with Crippen molar-refractivity contribution in [2.75, 3.05) is 4.90 Å². The van der Waals surface area contributed by atoms with Gasteiger partial charge in [0.05, 0.1) is 24.1 Å². The molecule has 1 aliphatic heterocycles. The van der Waals surface area contributed by atoms with E-state index in [2.05, 4.69) is 0 Å². The number of aliphatic carboxylic acids is 1. The number of carbonyl (C=O) groups excluding carboxylic acids is 1. The second kappa shape index (κ2) is 9.48. The predicted molar refractivity (Wildman–Crippen MR) is 124 cm³/mol. The van der Waals surface area contributed by atoms with Gasteiger partial charge >= 0.3 is 12.6 Å². The number of carboxylic acids is 1. The molecule has 4 rings (SSSR count). The molecule has 0 saturated heterocycles. The lowest BCUT2D eigenvalue weighted by molar-refractivity contribution is -0.138. The number of hydrogen-bond acceptors (Lipinski definition) is 4. The van der Waals surface area contributed by atoms with Gasteiger partial charge in [-0.25, -0.2) is 4.39 Å². The summed E-state index contributed by atoms with van der Waals surface area (Å²) < 4.78 is 52.5. The first kappa shape index (κ1) is 24.4. The van der Waals surface area contributed by atoms with Crippen LogP contribution in [0, 0.1) is 5.82 Å². The van der Waals surface area contributed by atoms with Crippen LogP contribution in [0.3, 0.4) is 0 Å². The standard InChI is InChI=1S/C26H24F3NO5/c1-4-15(25(32)33)16-10-9-14(11-20(16)27)30-12-19-21(24(30)31)23(35-26(28)29)18-8-6-5-7-17(18)22(19)34-13(2)3/h5-11,13,15,26H,4,12H2,1-3H3,(H,32,33). The van der Waals surface area contributed by atoms with Crippen LogP contribution >= 0.6 is 0 Å². The first-order chi connectivity index (χ1) is 16.6. The molecule has 35 heavy (non-hydrogen) atoms. The monoisotopic (exact) mass is 487 g/mol. The van der Waals surface area contributed by atoms with Gasteiger partial charge in [-0.2, -0.15) is 8.78 Å². The second-order valence-electron chi connectivity index (χ2n) is 8.50. The van der Waals surface area contributed by atoms with E-state index in [0.717, 1.165) is 6.07 Å². The summed E-state index contributed by atoms with van der Waals surface area (Å²) in [6, 6.07) is 10.5. The molecular formula is C26H24F3NO5. The minimum absolute atomic E-state index is 0.00389. The van der Waals surface area contributed by atoms with Gasteiger partial charge in [-0.3, -0.25) is 9.59 Å². The van der Waals surface area contributed by atoms with Crippen molar-refractivity contribution in [2.24, 2.45) is 0 Å². The molecule has 0 fully saturated rings. The van der Waals surface area contributed by atoms with E-state index in [1.807, 2.05) is 0 Å². The lowest BCUT2D eigenvalue weighted by Crippen LogP contribution is -2.24. The van der Waals surface area contributed by atoms with E-state index in [4.69, 9.17) is 9.47 Å². The zero-order valence-corrected chi connectivity index (χ0v) is 19.3. The van der Waals surface area contributed by atoms with Crippen molar-refractivity contribution in [3.8, 4) is 11.5 Å². The maximum Gasteiger partial charge on any atom is 0.387 e. The fraction of sp³-hybridized carbons (Fsp3) is 0.308. The Morgan fingerprint density at radius 3 is 2.29 bits per heavy atom. The number of fused-ring (bicyclic) bond motifs is 2. The number of amides is 1. The van der Waals surface area contributed by atoms with Gasteiger partial charge in [0.2, 0.25) is 0 Å². The summed E-state index contributed by atoms with van der Waals surface area (Å²) in [5.41, 5.74) is 0.458. The largest absolute Gasteiger partial charge is 0.490 e. The highest BCUT2D eigenvalue weighted by atomic mass is 19.3. The molecule has 0 aliphatic carbocycles. The molecule has 1 N–H and O–H groups in total. The van der Waals surface area contributed by atoms with E-state index >= 15 is 0 Å². The number of carbonyl (C=O) groups is 2. The van der Waals surface area contributed by atoms with E-state index in [-0.39, 0.29) is 41.6 Å². The van der Waals surface area contributed by atoms with Crippen LogP contribution in [0.4, 0.5) is 18.9 Å². The number of benzene rings is 3. The molecule has 184 valence electrons. The molecular weight excluding hydrogens is 463 g/mol. The molecule has 0 saturated carbocycles. The maximum atomic E-state index is 14.9. The molecule has 0 radical (unpaired) electrons. The molecule has 9 heteroatoms. The highest BCUT2D eigenvalue weighted by molar-refractivity contribution is 6.16. The summed E-state index contributed by atoms with van der Waals surface area (Å²) in [6.07, 6.45) is -0.0801. The molecule has 0 bridgehead atoms. The lowest BCUT2D eigenvalue weighted by atomic mass is 9.96. The highest BCUT2D eigenvalue weighted by Crippen LogP contribution is 2.47. The maximum absolute atomic E-state index is 14.9. The second-order valence-corrected chi connectivity index (χ2v) is 8.50. The van der Waals surface area contributed by atoms with Crippen LogP contribution in [0.2, 0.25) is 0 Å². The highest BCUT2D eigenvalue weighted by Gasteiger charge is 2.38. The number of nitrogens with zero attached hydrogens (tertiary/aromatic N) is 1. The molecule has 3 aromatic rings. The molecule has 1 aliphatic rings. The SMILES string of the molecule is CCC(C(=O)O)c1ccc(N2Cc3c(c(OC(F)F)c4ccccc4c3OC(C)C)C2=O)cc1F. The predicted octanol–water partition coefficient (Wildman–Crippen LogP) is 6.11. The Kier molecular flexibility index (Phi) is 6.60. The topological polar surface area (TPSA) is 76.1 Å². The Labute approximate surface area is 199 Å². The van der Waals surface area contributed by atoms with Gasteiger partial charge in [0, 0.05) is 27.6 Å². The van der Waals surface area contributed by atoms with Crippen molar-refractivity contribution >= 4 is 28.3 Å². The molecule has 3 aromatic carbocycles. The average Bonchev–Trinajstić information content (AvgIpc) is 3.14. The van der Waals surface area contributed by atoms with E-state index in [0.29, 0.717) is 22.1 Å². The summed E-state index contributed by atoms with van der Waals surface area (Å²) in [7, 11) is 0. The molecule has 1 heterocycles. The Balaban J connectivity index is 1.87. The number of halogens is 3. The summed E-state index contributed by atoms with van der Waals surface area (Å²) in [5, 5.41) is 10.2. The van der Waals surface area contributed by atoms with E-state index in [9.17, 15) is 27.9 Å². The minimum atomic E-state index is -3.17. The van der Waals surface area contributed by atoms with Gasteiger partial charge < -0.3 is 19.5 Å². The lowest BCUT2D eigenvalue weighted by Gasteiger charge is -2.19. The molecule has 0 aromatic heterocycles. The molecule has 0 spiro atoms. The van der Waals surface area contributed by atoms with Crippen molar-refractivity contribution in [1.82, 2.24) is 0 Å². The number of hydrogen-bond donors (Lipinski definition) is 1. The average molecular weight is 487 g/mol. The molecule has 1 unspecified atom stereocenters. The number of ether oxygens (including phenoxy) is 2. The minimum Gasteiger partial charge on any atom is -0.490 e. The van der Waals surface area contributed by atoms with E-state index in [1.165, 1.54) is 17.0 Å². The van der Waals surface area contributed by atoms with Crippen molar-refractivity contribution in [3.05, 3.63) is 65.0 Å². The number of anilines is 1. The quantitative estimate of drug-likeness (QED) is 0.415. The Morgan fingerprint density at radius 1 is 1.09 bits per heavy atom. The Bertz CT molecular complexity index is 1310. The van der Waals surface area contributed by atoms with Crippen LogP contribution < -0.4 is 14.4 Å². The van der Waals surface area contributed by atoms with E-state index in [1.54, 1.807) is 45.0 Å². The van der Waals surface area contributed by atoms with Crippen molar-refractivity contribution in [1.29, 1.82) is 0 Å². The van der Waals surface area contributed by atoms with Gasteiger partial charge in [-0.05, 0) is 32.4 Å². The van der Waals surface area contributed by atoms with Crippen molar-refractivity contribution in [3.63, 3.8) is 0 Å². The molecule has 1 amide bonds. The van der Waals surface area contributed by atoms with Crippen LogP contribution in [0.5, 0.6) is 11.5 Å². The van der Waals surface area contributed by atoms with Crippen LogP contribution in [-0.4, -0.2) is 29.7 Å². The third-order valence-corrected chi connectivity index (χ3v) is 5.93. The smallest absolute Gasteiger partial charge is 0.387 e. The number of rotatable bonds is 8. The summed E-state index contributed by atoms with van der Waals surface area (Å²) >= 11 is 0. The number of carboxylic acid groups (broad SMARTS) is 1. The van der Waals surface area contributed by atoms with Crippen molar-refractivity contribution < 1.29 is 37.3 Å². The van der Waals surface area contributed by atoms with Crippen LogP contribution in [-0.2, 0) is 11.3 Å². The van der Waals surface area contributed by atoms with Gasteiger partial charge in [0.25, 0.3) is 5.91 Å². The van der Waals surface area contributed by atoms with E-state index < -0.39 is 30.2 Å². The van der Waals surface area contributed by atoms with Gasteiger partial charge in [-0.15, -0.1) is 0 Å². The van der Waals surface area contributed by atoms with Gasteiger partial charge in [0.1, 0.15) is 17.3 Å². The summed E-state index contributed by atoms with van der Waals surface area (Å²) in [6.45, 7) is 2.02. The number of alkyl halides is 2.